The molecule has 2 atom stereocenters. The van der Waals surface area contributed by atoms with E-state index in [1.807, 2.05) is 13.8 Å². The minimum absolute atomic E-state index is 0.110. The number of morpholine rings is 1. The third kappa shape index (κ3) is 4.65. The van der Waals surface area contributed by atoms with Gasteiger partial charge in [0.1, 0.15) is 5.69 Å². The first-order valence-electron chi connectivity index (χ1n) is 8.03. The van der Waals surface area contributed by atoms with E-state index in [9.17, 15) is 14.9 Å². The van der Waals surface area contributed by atoms with Crippen molar-refractivity contribution in [3.63, 3.8) is 0 Å². The summed E-state index contributed by atoms with van der Waals surface area (Å²) in [6, 6.07) is 4.41. The fraction of sp³-hybridized carbons (Fsp3) is 0.562. The summed E-state index contributed by atoms with van der Waals surface area (Å²) in [4.78, 5) is 25.0. The average Bonchev–Trinajstić information content (AvgIpc) is 2.53. The highest BCUT2D eigenvalue weighted by Crippen LogP contribution is 2.24. The predicted molar refractivity (Wildman–Crippen MR) is 91.4 cm³/mol. The molecule has 0 aromatic heterocycles. The van der Waals surface area contributed by atoms with Crippen LogP contribution in [0.15, 0.2) is 18.2 Å². The molecule has 1 fully saturated rings. The summed E-state index contributed by atoms with van der Waals surface area (Å²) in [5, 5.41) is 16.6. The Morgan fingerprint density at radius 3 is 2.62 bits per heavy atom. The molecule has 2 N–H and O–H groups in total. The molecule has 1 aromatic carbocycles. The molecule has 0 bridgehead atoms. The van der Waals surface area contributed by atoms with Crippen molar-refractivity contribution in [3.8, 4) is 0 Å². The minimum atomic E-state index is -0.501. The molecule has 0 spiro atoms. The summed E-state index contributed by atoms with van der Waals surface area (Å²) in [6.45, 7) is 6.94. The number of carbonyl (C=O) groups is 1. The summed E-state index contributed by atoms with van der Waals surface area (Å²) in [6.07, 6.45) is 0.363. The van der Waals surface area contributed by atoms with Crippen LogP contribution in [-0.4, -0.2) is 61.2 Å². The van der Waals surface area contributed by atoms with Crippen molar-refractivity contribution in [1.29, 1.82) is 0 Å². The topological polar surface area (TPSA) is 96.7 Å². The minimum Gasteiger partial charge on any atom is -0.383 e. The van der Waals surface area contributed by atoms with Gasteiger partial charge in [0.2, 0.25) is 0 Å². The average molecular weight is 336 g/mol. The zero-order valence-electron chi connectivity index (χ0n) is 14.2. The van der Waals surface area contributed by atoms with Crippen molar-refractivity contribution in [1.82, 2.24) is 10.2 Å². The molecule has 2 rings (SSSR count). The number of hydrogen-bond acceptors (Lipinski definition) is 6. The largest absolute Gasteiger partial charge is 0.383 e. The number of nitrogens with one attached hydrogen (secondary N) is 2. The van der Waals surface area contributed by atoms with Gasteiger partial charge in [-0.25, -0.2) is 0 Å². The SMILES string of the molecule is CNc1ccc(C(=O)NCCN2CC(C)OC(C)C2)cc1[N+](=O)[O-]. The Kier molecular flexibility index (Phi) is 6.10. The summed E-state index contributed by atoms with van der Waals surface area (Å²) in [5.41, 5.74) is 0.554. The maximum absolute atomic E-state index is 12.2. The highest BCUT2D eigenvalue weighted by molar-refractivity contribution is 5.95. The van der Waals surface area contributed by atoms with Gasteiger partial charge in [0.05, 0.1) is 17.1 Å². The standard InChI is InChI=1S/C16H24N4O4/c1-11-9-19(10-12(2)24-11)7-6-18-16(21)13-4-5-14(17-3)15(8-13)20(22)23/h4-5,8,11-12,17H,6-7,9-10H2,1-3H3,(H,18,21). The van der Waals surface area contributed by atoms with Crippen LogP contribution in [0.2, 0.25) is 0 Å². The molecular weight excluding hydrogens is 312 g/mol. The quantitative estimate of drug-likeness (QED) is 0.603. The van der Waals surface area contributed by atoms with Crippen LogP contribution in [0.25, 0.3) is 0 Å². The highest BCUT2D eigenvalue weighted by Gasteiger charge is 2.22. The Morgan fingerprint density at radius 2 is 2.04 bits per heavy atom. The van der Waals surface area contributed by atoms with Crippen molar-refractivity contribution >= 4 is 17.3 Å². The van der Waals surface area contributed by atoms with E-state index in [2.05, 4.69) is 15.5 Å². The second-order valence-electron chi connectivity index (χ2n) is 6.01. The normalized spacial score (nSPS) is 21.3. The van der Waals surface area contributed by atoms with Crippen LogP contribution in [0, 0.1) is 10.1 Å². The smallest absolute Gasteiger partial charge is 0.293 e. The van der Waals surface area contributed by atoms with Gasteiger partial charge in [-0.1, -0.05) is 0 Å². The van der Waals surface area contributed by atoms with Gasteiger partial charge in [-0.15, -0.1) is 0 Å². The van der Waals surface area contributed by atoms with Gasteiger partial charge in [-0.3, -0.25) is 19.8 Å². The van der Waals surface area contributed by atoms with Crippen LogP contribution in [0.4, 0.5) is 11.4 Å². The fourth-order valence-corrected chi connectivity index (χ4v) is 2.93. The highest BCUT2D eigenvalue weighted by atomic mass is 16.6. The third-order valence-electron chi connectivity index (χ3n) is 3.93. The molecule has 8 heteroatoms. The van der Waals surface area contributed by atoms with Crippen molar-refractivity contribution in [3.05, 3.63) is 33.9 Å². The lowest BCUT2D eigenvalue weighted by Crippen LogP contribution is -2.47. The lowest BCUT2D eigenvalue weighted by molar-refractivity contribution is -0.384. The molecule has 0 saturated carbocycles. The summed E-state index contributed by atoms with van der Waals surface area (Å²) in [7, 11) is 1.60. The van der Waals surface area contributed by atoms with E-state index in [0.29, 0.717) is 12.2 Å². The number of anilines is 1. The Hall–Kier alpha value is -2.19. The van der Waals surface area contributed by atoms with Gasteiger partial charge in [0.25, 0.3) is 11.6 Å². The lowest BCUT2D eigenvalue weighted by atomic mass is 10.1. The Bertz CT molecular complexity index is 598. The van der Waals surface area contributed by atoms with Crippen LogP contribution < -0.4 is 10.6 Å². The number of hydrogen-bond donors (Lipinski definition) is 2. The van der Waals surface area contributed by atoms with Gasteiger partial charge in [-0.2, -0.15) is 0 Å². The first kappa shape index (κ1) is 18.2. The molecule has 0 aliphatic carbocycles. The van der Waals surface area contributed by atoms with E-state index in [1.165, 1.54) is 6.07 Å². The van der Waals surface area contributed by atoms with Crippen LogP contribution in [0.3, 0.4) is 0 Å². The van der Waals surface area contributed by atoms with E-state index in [4.69, 9.17) is 4.74 Å². The molecule has 1 aliphatic heterocycles. The molecule has 132 valence electrons. The molecule has 1 aromatic rings. The van der Waals surface area contributed by atoms with Crippen molar-refractivity contribution in [2.24, 2.45) is 0 Å². The zero-order valence-corrected chi connectivity index (χ0v) is 14.2. The van der Waals surface area contributed by atoms with Gasteiger partial charge >= 0.3 is 0 Å². The first-order chi connectivity index (χ1) is 11.4. The first-order valence-corrected chi connectivity index (χ1v) is 8.03. The van der Waals surface area contributed by atoms with Crippen LogP contribution in [0.1, 0.15) is 24.2 Å². The number of nitro groups is 1. The second kappa shape index (κ2) is 8.07. The fourth-order valence-electron chi connectivity index (χ4n) is 2.93. The van der Waals surface area contributed by atoms with E-state index in [1.54, 1.807) is 19.2 Å². The predicted octanol–water partition coefficient (Wildman–Crippen LogP) is 1.48. The number of carbonyl (C=O) groups excluding carboxylic acids is 1. The number of ether oxygens (including phenoxy) is 1. The summed E-state index contributed by atoms with van der Waals surface area (Å²) in [5.74, 6) is -0.310. The summed E-state index contributed by atoms with van der Waals surface area (Å²) >= 11 is 0. The molecule has 1 amide bonds. The number of nitro benzene ring substituents is 1. The number of benzene rings is 1. The molecule has 1 heterocycles. The number of nitrogens with zero attached hydrogens (tertiary/aromatic N) is 2. The van der Waals surface area contributed by atoms with Gasteiger partial charge < -0.3 is 15.4 Å². The van der Waals surface area contributed by atoms with Crippen molar-refractivity contribution in [2.75, 3.05) is 38.5 Å². The van der Waals surface area contributed by atoms with Gasteiger partial charge in [0.15, 0.2) is 0 Å². The number of amides is 1. The Morgan fingerprint density at radius 1 is 1.38 bits per heavy atom. The van der Waals surface area contributed by atoms with Crippen molar-refractivity contribution < 1.29 is 14.5 Å². The van der Waals surface area contributed by atoms with E-state index in [0.717, 1.165) is 19.6 Å². The Labute approximate surface area is 141 Å². The van der Waals surface area contributed by atoms with Crippen molar-refractivity contribution in [2.45, 2.75) is 26.1 Å². The second-order valence-corrected chi connectivity index (χ2v) is 6.01. The van der Waals surface area contributed by atoms with E-state index in [-0.39, 0.29) is 29.4 Å². The van der Waals surface area contributed by atoms with Crippen LogP contribution in [0.5, 0.6) is 0 Å². The molecule has 1 saturated heterocycles. The third-order valence-corrected chi connectivity index (χ3v) is 3.93. The lowest BCUT2D eigenvalue weighted by Gasteiger charge is -2.35. The molecule has 24 heavy (non-hydrogen) atoms. The molecule has 1 aliphatic rings. The van der Waals surface area contributed by atoms with Crippen LogP contribution in [-0.2, 0) is 4.74 Å². The number of rotatable bonds is 6. The van der Waals surface area contributed by atoms with E-state index < -0.39 is 4.92 Å². The van der Waals surface area contributed by atoms with Gasteiger partial charge in [-0.05, 0) is 26.0 Å². The molecule has 0 radical (unpaired) electrons. The monoisotopic (exact) mass is 336 g/mol. The molecule has 8 nitrogen and oxygen atoms in total. The zero-order chi connectivity index (χ0) is 17.7. The maximum atomic E-state index is 12.2. The maximum Gasteiger partial charge on any atom is 0.293 e. The van der Waals surface area contributed by atoms with Crippen LogP contribution >= 0.6 is 0 Å². The molecular formula is C16H24N4O4. The molecule has 2 unspecified atom stereocenters. The summed E-state index contributed by atoms with van der Waals surface area (Å²) < 4.78 is 5.67. The Balaban J connectivity index is 1.91. The van der Waals surface area contributed by atoms with E-state index >= 15 is 0 Å². The van der Waals surface area contributed by atoms with Gasteiger partial charge in [0, 0.05) is 44.9 Å².